The first kappa shape index (κ1) is 10.9. The van der Waals surface area contributed by atoms with Crippen molar-refractivity contribution in [3.63, 3.8) is 0 Å². The molecular weight excluding hydrogens is 270 g/mol. The van der Waals surface area contributed by atoms with Gasteiger partial charge < -0.3 is 10.5 Å². The van der Waals surface area contributed by atoms with Gasteiger partial charge in [0, 0.05) is 11.8 Å². The topological polar surface area (TPSA) is 61.0 Å². The molecule has 2 rings (SSSR count). The van der Waals surface area contributed by atoms with Gasteiger partial charge in [0.05, 0.1) is 10.2 Å². The number of halogens is 1. The number of hydrogen-bond acceptors (Lipinski definition) is 4. The number of ether oxygens (including phenoxy) is 1. The number of aromatic nitrogens is 2. The number of para-hydroxylation sites is 1. The fourth-order valence-corrected chi connectivity index (χ4v) is 1.69. The summed E-state index contributed by atoms with van der Waals surface area (Å²) in [5, 5.41) is 0. The highest BCUT2D eigenvalue weighted by atomic mass is 79.9. The van der Waals surface area contributed by atoms with Crippen LogP contribution in [0.3, 0.4) is 0 Å². The van der Waals surface area contributed by atoms with Crippen molar-refractivity contribution in [2.45, 2.75) is 6.92 Å². The fraction of sp³-hybridized carbons (Fsp3) is 0.0909. The number of aryl methyl sites for hydroxylation is 1. The van der Waals surface area contributed by atoms with Crippen LogP contribution >= 0.6 is 15.9 Å². The Kier molecular flexibility index (Phi) is 3.05. The first-order valence-corrected chi connectivity index (χ1v) is 5.46. The molecule has 0 atom stereocenters. The molecule has 0 unspecified atom stereocenters. The van der Waals surface area contributed by atoms with Crippen molar-refractivity contribution in [1.82, 2.24) is 9.97 Å². The van der Waals surface area contributed by atoms with Crippen LogP contribution in [0.1, 0.15) is 5.69 Å². The number of rotatable bonds is 2. The van der Waals surface area contributed by atoms with E-state index in [1.165, 1.54) is 6.33 Å². The molecule has 0 fully saturated rings. The van der Waals surface area contributed by atoms with Gasteiger partial charge in [-0.25, -0.2) is 9.97 Å². The third-order valence-corrected chi connectivity index (χ3v) is 2.61. The van der Waals surface area contributed by atoms with Crippen LogP contribution in [0.2, 0.25) is 0 Å². The van der Waals surface area contributed by atoms with Gasteiger partial charge in [-0.2, -0.15) is 0 Å². The number of anilines is 1. The second-order valence-corrected chi connectivity index (χ2v) is 4.11. The maximum Gasteiger partial charge on any atom is 0.222 e. The summed E-state index contributed by atoms with van der Waals surface area (Å²) in [7, 11) is 0. The Bertz CT molecular complexity index is 496. The Morgan fingerprint density at radius 2 is 2.12 bits per heavy atom. The van der Waals surface area contributed by atoms with E-state index in [1.54, 1.807) is 12.1 Å². The third-order valence-electron chi connectivity index (χ3n) is 1.98. The average molecular weight is 280 g/mol. The van der Waals surface area contributed by atoms with E-state index < -0.39 is 0 Å². The van der Waals surface area contributed by atoms with E-state index in [4.69, 9.17) is 10.5 Å². The Balaban J connectivity index is 2.34. The largest absolute Gasteiger partial charge is 0.436 e. The lowest BCUT2D eigenvalue weighted by molar-refractivity contribution is 0.460. The number of nitrogens with zero attached hydrogens (tertiary/aromatic N) is 2. The maximum atomic E-state index is 5.81. The highest BCUT2D eigenvalue weighted by Gasteiger charge is 2.07. The molecule has 0 aliphatic rings. The summed E-state index contributed by atoms with van der Waals surface area (Å²) in [6, 6.07) is 7.23. The van der Waals surface area contributed by atoms with Crippen molar-refractivity contribution in [3.8, 4) is 11.6 Å². The second-order valence-electron chi connectivity index (χ2n) is 3.26. The molecule has 0 radical (unpaired) electrons. The summed E-state index contributed by atoms with van der Waals surface area (Å²) in [6.07, 6.45) is 1.46. The maximum absolute atomic E-state index is 5.81. The lowest BCUT2D eigenvalue weighted by Gasteiger charge is -2.09. The molecule has 0 saturated heterocycles. The van der Waals surface area contributed by atoms with E-state index in [1.807, 2.05) is 19.1 Å². The zero-order valence-corrected chi connectivity index (χ0v) is 10.2. The van der Waals surface area contributed by atoms with Gasteiger partial charge in [0.25, 0.3) is 0 Å². The van der Waals surface area contributed by atoms with Gasteiger partial charge in [-0.05, 0) is 35.0 Å². The Hall–Kier alpha value is -1.62. The molecule has 1 aromatic carbocycles. The lowest BCUT2D eigenvalue weighted by atomic mass is 10.3. The molecular formula is C11H10BrN3O. The first-order chi connectivity index (χ1) is 7.66. The summed E-state index contributed by atoms with van der Waals surface area (Å²) >= 11 is 3.37. The van der Waals surface area contributed by atoms with E-state index in [2.05, 4.69) is 25.9 Å². The Morgan fingerprint density at radius 3 is 2.81 bits per heavy atom. The van der Waals surface area contributed by atoms with Crippen LogP contribution in [-0.4, -0.2) is 9.97 Å². The van der Waals surface area contributed by atoms with Gasteiger partial charge in [0.15, 0.2) is 5.75 Å². The SMILES string of the molecule is Cc1cc(Oc2c(N)cccc2Br)ncn1. The van der Waals surface area contributed by atoms with Gasteiger partial charge in [-0.3, -0.25) is 0 Å². The van der Waals surface area contributed by atoms with Crippen LogP contribution in [0.15, 0.2) is 35.1 Å². The van der Waals surface area contributed by atoms with Crippen molar-refractivity contribution < 1.29 is 4.74 Å². The van der Waals surface area contributed by atoms with Crippen LogP contribution in [0.4, 0.5) is 5.69 Å². The third kappa shape index (κ3) is 2.30. The van der Waals surface area contributed by atoms with E-state index >= 15 is 0 Å². The highest BCUT2D eigenvalue weighted by Crippen LogP contribution is 2.34. The van der Waals surface area contributed by atoms with E-state index in [9.17, 15) is 0 Å². The number of hydrogen-bond donors (Lipinski definition) is 1. The average Bonchev–Trinajstić information content (AvgIpc) is 2.24. The molecule has 16 heavy (non-hydrogen) atoms. The van der Waals surface area contributed by atoms with Crippen molar-refractivity contribution in [1.29, 1.82) is 0 Å². The fourth-order valence-electron chi connectivity index (χ4n) is 1.22. The van der Waals surface area contributed by atoms with Crippen LogP contribution in [0, 0.1) is 6.92 Å². The summed E-state index contributed by atoms with van der Waals surface area (Å²) in [6.45, 7) is 1.87. The summed E-state index contributed by atoms with van der Waals surface area (Å²) in [5.41, 5.74) is 7.21. The molecule has 0 bridgehead atoms. The smallest absolute Gasteiger partial charge is 0.222 e. The van der Waals surface area contributed by atoms with Crippen molar-refractivity contribution in [3.05, 3.63) is 40.8 Å². The quantitative estimate of drug-likeness (QED) is 0.859. The molecule has 5 heteroatoms. The van der Waals surface area contributed by atoms with Gasteiger partial charge in [-0.15, -0.1) is 0 Å². The normalized spacial score (nSPS) is 10.1. The summed E-state index contributed by atoms with van der Waals surface area (Å²) < 4.78 is 6.39. The molecule has 2 aromatic rings. The second kappa shape index (κ2) is 4.49. The van der Waals surface area contributed by atoms with Crippen molar-refractivity contribution >= 4 is 21.6 Å². The number of benzene rings is 1. The van der Waals surface area contributed by atoms with Crippen LogP contribution in [0.5, 0.6) is 11.6 Å². The van der Waals surface area contributed by atoms with Gasteiger partial charge in [0.1, 0.15) is 6.33 Å². The number of nitrogen functional groups attached to an aromatic ring is 1. The predicted molar refractivity (Wildman–Crippen MR) is 65.4 cm³/mol. The standard InChI is InChI=1S/C11H10BrN3O/c1-7-5-10(15-6-14-7)16-11-8(12)3-2-4-9(11)13/h2-6H,13H2,1H3. The molecule has 4 nitrogen and oxygen atoms in total. The molecule has 2 N–H and O–H groups in total. The minimum atomic E-state index is 0.478. The van der Waals surface area contributed by atoms with Crippen LogP contribution in [0.25, 0.3) is 0 Å². The van der Waals surface area contributed by atoms with E-state index in [0.717, 1.165) is 10.2 Å². The van der Waals surface area contributed by atoms with Crippen molar-refractivity contribution in [2.24, 2.45) is 0 Å². The Morgan fingerprint density at radius 1 is 1.31 bits per heavy atom. The zero-order chi connectivity index (χ0) is 11.5. The van der Waals surface area contributed by atoms with Gasteiger partial charge >= 0.3 is 0 Å². The summed E-state index contributed by atoms with van der Waals surface area (Å²) in [5.74, 6) is 1.05. The minimum absolute atomic E-state index is 0.478. The molecule has 0 spiro atoms. The van der Waals surface area contributed by atoms with E-state index in [-0.39, 0.29) is 0 Å². The molecule has 0 aliphatic heterocycles. The van der Waals surface area contributed by atoms with Gasteiger partial charge in [0.2, 0.25) is 5.88 Å². The minimum Gasteiger partial charge on any atom is -0.436 e. The molecule has 1 heterocycles. The predicted octanol–water partition coefficient (Wildman–Crippen LogP) is 2.92. The molecule has 0 amide bonds. The lowest BCUT2D eigenvalue weighted by Crippen LogP contribution is -1.95. The molecule has 0 aliphatic carbocycles. The van der Waals surface area contributed by atoms with Crippen LogP contribution < -0.4 is 10.5 Å². The summed E-state index contributed by atoms with van der Waals surface area (Å²) in [4.78, 5) is 8.00. The number of nitrogens with two attached hydrogens (primary N) is 1. The highest BCUT2D eigenvalue weighted by molar-refractivity contribution is 9.10. The molecule has 0 saturated carbocycles. The zero-order valence-electron chi connectivity index (χ0n) is 8.64. The van der Waals surface area contributed by atoms with Crippen LogP contribution in [-0.2, 0) is 0 Å². The van der Waals surface area contributed by atoms with Crippen molar-refractivity contribution in [2.75, 3.05) is 5.73 Å². The monoisotopic (exact) mass is 279 g/mol. The first-order valence-electron chi connectivity index (χ1n) is 4.67. The van der Waals surface area contributed by atoms with E-state index in [0.29, 0.717) is 17.3 Å². The molecule has 1 aromatic heterocycles. The molecule has 82 valence electrons. The Labute approximate surface area is 102 Å². The van der Waals surface area contributed by atoms with Gasteiger partial charge in [-0.1, -0.05) is 6.07 Å².